The Bertz CT molecular complexity index is 425. The van der Waals surface area contributed by atoms with Gasteiger partial charge in [-0.25, -0.2) is 0 Å². The van der Waals surface area contributed by atoms with E-state index < -0.39 is 4.92 Å². The molecule has 1 rings (SSSR count). The number of hydrogen-bond donors (Lipinski definition) is 3. The van der Waals surface area contributed by atoms with E-state index in [1.165, 1.54) is 6.07 Å². The molecule has 0 atom stereocenters. The van der Waals surface area contributed by atoms with Gasteiger partial charge in [-0.15, -0.1) is 0 Å². The predicted molar refractivity (Wildman–Crippen MR) is 73.6 cm³/mol. The third-order valence-corrected chi connectivity index (χ3v) is 2.90. The van der Waals surface area contributed by atoms with E-state index in [9.17, 15) is 10.1 Å². The lowest BCUT2D eigenvalue weighted by atomic mass is 10.1. The van der Waals surface area contributed by atoms with Crippen molar-refractivity contribution in [1.82, 2.24) is 4.90 Å². The zero-order valence-corrected chi connectivity index (χ0v) is 11.0. The molecule has 19 heavy (non-hydrogen) atoms. The van der Waals surface area contributed by atoms with Crippen LogP contribution in [0, 0.1) is 10.1 Å². The van der Waals surface area contributed by atoms with Gasteiger partial charge >= 0.3 is 0 Å². The summed E-state index contributed by atoms with van der Waals surface area (Å²) in [5, 5.41) is 19.7. The van der Waals surface area contributed by atoms with E-state index in [4.69, 9.17) is 10.9 Å². The standard InChI is InChI=1S/C12H20N4O3/c1-2-15(6-3-7-17)9-10-4-5-11(14-13)12(8-10)16(18)19/h4-5,8,14,17H,2-3,6-7,9,13H2,1H3. The van der Waals surface area contributed by atoms with Crippen molar-refractivity contribution < 1.29 is 10.0 Å². The highest BCUT2D eigenvalue weighted by Gasteiger charge is 2.14. The van der Waals surface area contributed by atoms with Gasteiger partial charge in [0.05, 0.1) is 4.92 Å². The topological polar surface area (TPSA) is 105 Å². The maximum Gasteiger partial charge on any atom is 0.293 e. The SMILES string of the molecule is CCN(CCCO)Cc1ccc(NN)c([N+](=O)[O-])c1. The zero-order valence-electron chi connectivity index (χ0n) is 11.0. The second kappa shape index (κ2) is 7.67. The van der Waals surface area contributed by atoms with E-state index in [0.29, 0.717) is 18.7 Å². The third-order valence-electron chi connectivity index (χ3n) is 2.90. The summed E-state index contributed by atoms with van der Waals surface area (Å²) >= 11 is 0. The van der Waals surface area contributed by atoms with Crippen LogP contribution in [-0.2, 0) is 6.54 Å². The van der Waals surface area contributed by atoms with Crippen LogP contribution in [0.25, 0.3) is 0 Å². The summed E-state index contributed by atoms with van der Waals surface area (Å²) in [5.41, 5.74) is 3.44. The minimum Gasteiger partial charge on any atom is -0.396 e. The van der Waals surface area contributed by atoms with Crippen LogP contribution in [0.1, 0.15) is 18.9 Å². The van der Waals surface area contributed by atoms with E-state index >= 15 is 0 Å². The van der Waals surface area contributed by atoms with Crippen molar-refractivity contribution >= 4 is 11.4 Å². The van der Waals surface area contributed by atoms with E-state index in [1.807, 2.05) is 13.0 Å². The van der Waals surface area contributed by atoms with Crippen molar-refractivity contribution in [3.8, 4) is 0 Å². The first-order chi connectivity index (χ1) is 9.12. The molecule has 0 heterocycles. The average Bonchev–Trinajstić information content (AvgIpc) is 2.43. The highest BCUT2D eigenvalue weighted by atomic mass is 16.6. The average molecular weight is 268 g/mol. The number of benzene rings is 1. The molecule has 0 radical (unpaired) electrons. The molecule has 0 aromatic heterocycles. The zero-order chi connectivity index (χ0) is 14.3. The Balaban J connectivity index is 2.83. The van der Waals surface area contributed by atoms with Crippen molar-refractivity contribution in [3.05, 3.63) is 33.9 Å². The van der Waals surface area contributed by atoms with Gasteiger partial charge in [0.1, 0.15) is 5.69 Å². The number of aliphatic hydroxyl groups excluding tert-OH is 1. The molecule has 0 amide bonds. The van der Waals surface area contributed by atoms with Gasteiger partial charge in [0.15, 0.2) is 0 Å². The summed E-state index contributed by atoms with van der Waals surface area (Å²) in [5.74, 6) is 5.24. The van der Waals surface area contributed by atoms with E-state index in [1.54, 1.807) is 6.07 Å². The van der Waals surface area contributed by atoms with E-state index in [0.717, 1.165) is 18.7 Å². The fraction of sp³-hybridized carbons (Fsp3) is 0.500. The molecule has 4 N–H and O–H groups in total. The number of rotatable bonds is 8. The Morgan fingerprint density at radius 1 is 1.53 bits per heavy atom. The minimum absolute atomic E-state index is 0.0294. The van der Waals surface area contributed by atoms with Crippen LogP contribution >= 0.6 is 0 Å². The van der Waals surface area contributed by atoms with E-state index in [2.05, 4.69) is 10.3 Å². The first kappa shape index (κ1) is 15.4. The minimum atomic E-state index is -0.456. The van der Waals surface area contributed by atoms with Crippen LogP contribution in [0.3, 0.4) is 0 Å². The van der Waals surface area contributed by atoms with Crippen molar-refractivity contribution in [2.24, 2.45) is 5.84 Å². The molecule has 0 spiro atoms. The fourth-order valence-electron chi connectivity index (χ4n) is 1.85. The second-order valence-electron chi connectivity index (χ2n) is 4.20. The van der Waals surface area contributed by atoms with Crippen LogP contribution in [0.15, 0.2) is 18.2 Å². The Morgan fingerprint density at radius 3 is 2.79 bits per heavy atom. The van der Waals surface area contributed by atoms with Crippen molar-refractivity contribution in [2.75, 3.05) is 25.1 Å². The number of nitro groups is 1. The molecule has 0 unspecified atom stereocenters. The number of hydrazine groups is 1. The summed E-state index contributed by atoms with van der Waals surface area (Å²) in [6, 6.07) is 4.94. The molecular weight excluding hydrogens is 248 g/mol. The Kier molecular flexibility index (Phi) is 6.20. The van der Waals surface area contributed by atoms with Gasteiger partial charge in [-0.1, -0.05) is 13.0 Å². The number of aliphatic hydroxyl groups is 1. The quantitative estimate of drug-likeness (QED) is 0.370. The number of nitrogens with one attached hydrogen (secondary N) is 1. The predicted octanol–water partition coefficient (Wildman–Crippen LogP) is 1.08. The van der Waals surface area contributed by atoms with Crippen molar-refractivity contribution in [3.63, 3.8) is 0 Å². The molecule has 1 aromatic carbocycles. The molecule has 0 saturated heterocycles. The number of hydrogen-bond acceptors (Lipinski definition) is 6. The van der Waals surface area contributed by atoms with Crippen molar-refractivity contribution in [2.45, 2.75) is 19.9 Å². The Labute approximate surface area is 112 Å². The fourth-order valence-corrected chi connectivity index (χ4v) is 1.85. The number of nitrogens with two attached hydrogens (primary N) is 1. The Hall–Kier alpha value is -1.70. The summed E-state index contributed by atoms with van der Waals surface area (Å²) in [7, 11) is 0. The molecule has 7 nitrogen and oxygen atoms in total. The van der Waals surface area contributed by atoms with Crippen LogP contribution in [-0.4, -0.2) is 34.6 Å². The molecular formula is C12H20N4O3. The van der Waals surface area contributed by atoms with Gasteiger partial charge < -0.3 is 10.5 Å². The number of nitro benzene ring substituents is 1. The molecule has 0 aliphatic carbocycles. The van der Waals surface area contributed by atoms with Gasteiger partial charge in [-0.05, 0) is 24.6 Å². The summed E-state index contributed by atoms with van der Waals surface area (Å²) in [4.78, 5) is 12.6. The molecule has 0 aliphatic rings. The third kappa shape index (κ3) is 4.47. The summed E-state index contributed by atoms with van der Waals surface area (Å²) in [6.45, 7) is 4.36. The van der Waals surface area contributed by atoms with Crippen LogP contribution in [0.2, 0.25) is 0 Å². The van der Waals surface area contributed by atoms with Gasteiger partial charge in [0, 0.05) is 25.8 Å². The first-order valence-corrected chi connectivity index (χ1v) is 6.19. The first-order valence-electron chi connectivity index (χ1n) is 6.19. The summed E-state index contributed by atoms with van der Waals surface area (Å²) < 4.78 is 0. The van der Waals surface area contributed by atoms with Gasteiger partial charge in [0.2, 0.25) is 0 Å². The highest BCUT2D eigenvalue weighted by molar-refractivity contribution is 5.61. The van der Waals surface area contributed by atoms with Gasteiger partial charge in [-0.3, -0.25) is 20.9 Å². The maximum absolute atomic E-state index is 10.9. The normalized spacial score (nSPS) is 10.7. The summed E-state index contributed by atoms with van der Waals surface area (Å²) in [6.07, 6.45) is 0.693. The molecule has 106 valence electrons. The lowest BCUT2D eigenvalue weighted by Gasteiger charge is -2.20. The second-order valence-corrected chi connectivity index (χ2v) is 4.20. The van der Waals surface area contributed by atoms with Crippen molar-refractivity contribution in [1.29, 1.82) is 0 Å². The van der Waals surface area contributed by atoms with Gasteiger partial charge in [-0.2, -0.15) is 0 Å². The number of nitrogens with zero attached hydrogens (tertiary/aromatic N) is 2. The molecule has 7 heteroatoms. The van der Waals surface area contributed by atoms with E-state index in [-0.39, 0.29) is 12.3 Å². The largest absolute Gasteiger partial charge is 0.396 e. The van der Waals surface area contributed by atoms with Gasteiger partial charge in [0.25, 0.3) is 5.69 Å². The lowest BCUT2D eigenvalue weighted by Crippen LogP contribution is -2.24. The highest BCUT2D eigenvalue weighted by Crippen LogP contribution is 2.25. The molecule has 0 saturated carbocycles. The number of anilines is 1. The Morgan fingerprint density at radius 2 is 2.26 bits per heavy atom. The van der Waals surface area contributed by atoms with Crippen LogP contribution < -0.4 is 11.3 Å². The maximum atomic E-state index is 10.9. The lowest BCUT2D eigenvalue weighted by molar-refractivity contribution is -0.384. The molecule has 0 aliphatic heterocycles. The molecule has 0 bridgehead atoms. The van der Waals surface area contributed by atoms with Crippen LogP contribution in [0.5, 0.6) is 0 Å². The molecule has 0 fully saturated rings. The molecule has 1 aromatic rings. The smallest absolute Gasteiger partial charge is 0.293 e. The monoisotopic (exact) mass is 268 g/mol. The van der Waals surface area contributed by atoms with Crippen LogP contribution in [0.4, 0.5) is 11.4 Å². The number of nitrogen functional groups attached to an aromatic ring is 1.